The number of unbranched alkanes of at least 4 members (excludes halogenated alkanes) is 2. The molecule has 3 aliphatic rings. The van der Waals surface area contributed by atoms with Crippen LogP contribution < -0.4 is 5.43 Å². The number of aliphatic hydroxyl groups excluding tert-OH is 2. The Morgan fingerprint density at radius 2 is 1.84 bits per heavy atom. The fourth-order valence-corrected chi connectivity index (χ4v) is 5.01. The van der Waals surface area contributed by atoms with Crippen LogP contribution >= 0.6 is 0 Å². The number of rotatable bonds is 7. The first-order chi connectivity index (χ1) is 15.5. The lowest BCUT2D eigenvalue weighted by Gasteiger charge is -2.45. The molecule has 4 rings (SSSR count). The SMILES string of the molecule is CCCCCC1CN(CC(=O)N2CCC(O)CC2)C(O)C2=CC(c3ccc(C)cc3)NN21. The summed E-state index contributed by atoms with van der Waals surface area (Å²) in [5.41, 5.74) is 6.86. The van der Waals surface area contributed by atoms with Crippen molar-refractivity contribution in [3.63, 3.8) is 0 Å². The van der Waals surface area contributed by atoms with Crippen molar-refractivity contribution in [2.45, 2.75) is 76.8 Å². The maximum Gasteiger partial charge on any atom is 0.236 e. The molecule has 0 bridgehead atoms. The monoisotopic (exact) mass is 442 g/mol. The number of likely N-dealkylation sites (tertiary alicyclic amines) is 1. The molecule has 3 N–H and O–H groups in total. The van der Waals surface area contributed by atoms with E-state index in [0.29, 0.717) is 32.5 Å². The zero-order valence-corrected chi connectivity index (χ0v) is 19.4. The van der Waals surface area contributed by atoms with Crippen molar-refractivity contribution in [3.8, 4) is 0 Å². The Bertz CT molecular complexity index is 804. The van der Waals surface area contributed by atoms with Gasteiger partial charge < -0.3 is 20.1 Å². The first-order valence-electron chi connectivity index (χ1n) is 12.2. The Hall–Kier alpha value is -1.93. The molecule has 0 spiro atoms. The molecule has 0 saturated carbocycles. The molecule has 2 saturated heterocycles. The number of aryl methyl sites for hydroxylation is 1. The van der Waals surface area contributed by atoms with Gasteiger partial charge in [-0.2, -0.15) is 0 Å². The number of piperidine rings is 1. The molecule has 2 fully saturated rings. The number of nitrogens with one attached hydrogen (secondary N) is 1. The maximum atomic E-state index is 12.9. The second kappa shape index (κ2) is 10.3. The van der Waals surface area contributed by atoms with Gasteiger partial charge >= 0.3 is 0 Å². The van der Waals surface area contributed by atoms with Crippen molar-refractivity contribution >= 4 is 5.91 Å². The second-order valence-corrected chi connectivity index (χ2v) is 9.54. The number of nitrogens with zero attached hydrogens (tertiary/aromatic N) is 3. The first kappa shape index (κ1) is 23.2. The van der Waals surface area contributed by atoms with Crippen molar-refractivity contribution in [3.05, 3.63) is 47.2 Å². The fraction of sp³-hybridized carbons (Fsp3) is 0.640. The average molecular weight is 443 g/mol. The molecule has 176 valence electrons. The van der Waals surface area contributed by atoms with E-state index >= 15 is 0 Å². The van der Waals surface area contributed by atoms with E-state index in [1.807, 2.05) is 9.80 Å². The lowest BCUT2D eigenvalue weighted by molar-refractivity contribution is -0.139. The van der Waals surface area contributed by atoms with Crippen molar-refractivity contribution in [2.75, 3.05) is 26.2 Å². The largest absolute Gasteiger partial charge is 0.393 e. The standard InChI is InChI=1S/C25H38N4O3/c1-3-4-5-6-20-16-28(17-24(31)27-13-11-21(30)12-14-27)25(32)23-15-22(26-29(20)23)19-9-7-18(2)8-10-19/h7-10,15,20-22,25-26,30,32H,3-6,11-14,16-17H2,1-2H3. The molecule has 7 heteroatoms. The zero-order chi connectivity index (χ0) is 22.7. The lowest BCUT2D eigenvalue weighted by atomic mass is 10.0. The normalized spacial score (nSPS) is 26.9. The van der Waals surface area contributed by atoms with Gasteiger partial charge in [-0.1, -0.05) is 56.0 Å². The van der Waals surface area contributed by atoms with Gasteiger partial charge in [-0.3, -0.25) is 9.69 Å². The van der Waals surface area contributed by atoms with Gasteiger partial charge in [0.1, 0.15) is 6.23 Å². The number of fused-ring (bicyclic) bond motifs is 1. The Labute approximate surface area is 191 Å². The third kappa shape index (κ3) is 5.17. The summed E-state index contributed by atoms with van der Waals surface area (Å²) in [5, 5.41) is 23.1. The molecule has 3 heterocycles. The highest BCUT2D eigenvalue weighted by molar-refractivity contribution is 5.78. The van der Waals surface area contributed by atoms with E-state index in [-0.39, 0.29) is 30.6 Å². The van der Waals surface area contributed by atoms with Gasteiger partial charge in [0.2, 0.25) is 5.91 Å². The van der Waals surface area contributed by atoms with E-state index in [0.717, 1.165) is 18.5 Å². The Morgan fingerprint density at radius 1 is 1.12 bits per heavy atom. The summed E-state index contributed by atoms with van der Waals surface area (Å²) in [6, 6.07) is 8.72. The molecule has 3 atom stereocenters. The van der Waals surface area contributed by atoms with Crippen LogP contribution in [0.4, 0.5) is 0 Å². The van der Waals surface area contributed by atoms with E-state index in [2.05, 4.69) is 54.6 Å². The number of amides is 1. The van der Waals surface area contributed by atoms with Crippen LogP contribution in [0.2, 0.25) is 0 Å². The molecule has 3 unspecified atom stereocenters. The number of hydrogen-bond donors (Lipinski definition) is 3. The molecule has 0 radical (unpaired) electrons. The van der Waals surface area contributed by atoms with E-state index in [4.69, 9.17) is 0 Å². The van der Waals surface area contributed by atoms with Gasteiger partial charge in [0.05, 0.1) is 30.4 Å². The van der Waals surface area contributed by atoms with Crippen molar-refractivity contribution in [1.29, 1.82) is 0 Å². The van der Waals surface area contributed by atoms with Gasteiger partial charge in [-0.25, -0.2) is 5.43 Å². The number of piperazine rings is 1. The molecule has 0 aromatic heterocycles. The van der Waals surface area contributed by atoms with Gasteiger partial charge in [-0.15, -0.1) is 0 Å². The van der Waals surface area contributed by atoms with Crippen LogP contribution in [0.5, 0.6) is 0 Å². The van der Waals surface area contributed by atoms with Crippen molar-refractivity contribution in [1.82, 2.24) is 20.2 Å². The number of hydrogen-bond acceptors (Lipinski definition) is 6. The molecule has 0 aliphatic carbocycles. The van der Waals surface area contributed by atoms with Crippen LogP contribution in [-0.2, 0) is 4.79 Å². The van der Waals surface area contributed by atoms with Crippen LogP contribution in [0.15, 0.2) is 36.0 Å². The quantitative estimate of drug-likeness (QED) is 0.563. The highest BCUT2D eigenvalue weighted by Crippen LogP contribution is 2.34. The number of hydrazine groups is 1. The Kier molecular flexibility index (Phi) is 7.51. The third-order valence-corrected chi connectivity index (χ3v) is 7.05. The minimum absolute atomic E-state index is 0.0214. The van der Waals surface area contributed by atoms with Gasteiger partial charge in [0.15, 0.2) is 0 Å². The lowest BCUT2D eigenvalue weighted by Crippen LogP contribution is -2.60. The van der Waals surface area contributed by atoms with Crippen LogP contribution in [0.3, 0.4) is 0 Å². The van der Waals surface area contributed by atoms with Crippen LogP contribution in [0, 0.1) is 6.92 Å². The predicted molar refractivity (Wildman–Crippen MR) is 124 cm³/mol. The average Bonchev–Trinajstić information content (AvgIpc) is 3.24. The summed E-state index contributed by atoms with van der Waals surface area (Å²) in [5.74, 6) is 0.0401. The number of carbonyl (C=O) groups excluding carboxylic acids is 1. The van der Waals surface area contributed by atoms with Gasteiger partial charge in [0, 0.05) is 19.6 Å². The molecule has 7 nitrogen and oxygen atoms in total. The zero-order valence-electron chi connectivity index (χ0n) is 19.4. The predicted octanol–water partition coefficient (Wildman–Crippen LogP) is 2.31. The summed E-state index contributed by atoms with van der Waals surface area (Å²) in [6.45, 7) is 6.34. The number of carbonyl (C=O) groups is 1. The summed E-state index contributed by atoms with van der Waals surface area (Å²) < 4.78 is 0. The highest BCUT2D eigenvalue weighted by atomic mass is 16.3. The van der Waals surface area contributed by atoms with E-state index < -0.39 is 6.23 Å². The summed E-state index contributed by atoms with van der Waals surface area (Å²) in [4.78, 5) is 16.7. The molecule has 1 aromatic carbocycles. The highest BCUT2D eigenvalue weighted by Gasteiger charge is 2.41. The third-order valence-electron chi connectivity index (χ3n) is 7.05. The fourth-order valence-electron chi connectivity index (χ4n) is 5.01. The minimum atomic E-state index is -0.806. The number of benzene rings is 1. The van der Waals surface area contributed by atoms with Crippen LogP contribution in [-0.4, -0.2) is 75.5 Å². The molecule has 32 heavy (non-hydrogen) atoms. The smallest absolute Gasteiger partial charge is 0.236 e. The van der Waals surface area contributed by atoms with Gasteiger partial charge in [0.25, 0.3) is 0 Å². The summed E-state index contributed by atoms with van der Waals surface area (Å²) >= 11 is 0. The molecular formula is C25H38N4O3. The first-order valence-corrected chi connectivity index (χ1v) is 12.2. The summed E-state index contributed by atoms with van der Waals surface area (Å²) in [6.07, 6.45) is 6.77. The second-order valence-electron chi connectivity index (χ2n) is 9.54. The Balaban J connectivity index is 1.49. The number of aliphatic hydroxyl groups is 2. The molecule has 1 aromatic rings. The molecular weight excluding hydrogens is 404 g/mol. The minimum Gasteiger partial charge on any atom is -0.393 e. The molecule has 3 aliphatic heterocycles. The Morgan fingerprint density at radius 3 is 2.53 bits per heavy atom. The maximum absolute atomic E-state index is 12.9. The topological polar surface area (TPSA) is 79.3 Å². The van der Waals surface area contributed by atoms with E-state index in [1.165, 1.54) is 24.0 Å². The van der Waals surface area contributed by atoms with E-state index in [9.17, 15) is 15.0 Å². The van der Waals surface area contributed by atoms with Crippen molar-refractivity contribution < 1.29 is 15.0 Å². The van der Waals surface area contributed by atoms with E-state index in [1.54, 1.807) is 0 Å². The van der Waals surface area contributed by atoms with Crippen molar-refractivity contribution in [2.24, 2.45) is 0 Å². The molecule has 1 amide bonds. The van der Waals surface area contributed by atoms with Gasteiger partial charge in [-0.05, 0) is 37.8 Å². The summed E-state index contributed by atoms with van der Waals surface area (Å²) in [7, 11) is 0. The van der Waals surface area contributed by atoms with Crippen LogP contribution in [0.25, 0.3) is 0 Å². The van der Waals surface area contributed by atoms with Crippen LogP contribution in [0.1, 0.15) is 62.6 Å².